The molecule has 0 aliphatic heterocycles. The van der Waals surface area contributed by atoms with E-state index in [0.29, 0.717) is 16.7 Å². The maximum Gasteiger partial charge on any atom is 0.339 e. The van der Waals surface area contributed by atoms with Crippen LogP contribution in [0.2, 0.25) is 0 Å². The second-order valence-electron chi connectivity index (χ2n) is 3.42. The Bertz CT molecular complexity index is 361. The molecule has 0 amide bonds. The molecule has 4 heteroatoms. The van der Waals surface area contributed by atoms with Crippen molar-refractivity contribution in [1.82, 2.24) is 0 Å². The van der Waals surface area contributed by atoms with Gasteiger partial charge in [-0.25, -0.2) is 4.79 Å². The van der Waals surface area contributed by atoms with E-state index < -0.39 is 12.1 Å². The minimum Gasteiger partial charge on any atom is -0.508 e. The van der Waals surface area contributed by atoms with Crippen LogP contribution in [-0.2, 0) is 9.53 Å². The minimum absolute atomic E-state index is 0.116. The number of carbonyl (C=O) groups is 1. The van der Waals surface area contributed by atoms with Crippen molar-refractivity contribution in [3.63, 3.8) is 0 Å². The third-order valence-electron chi connectivity index (χ3n) is 2.28. The molecule has 82 valence electrons. The van der Waals surface area contributed by atoms with Gasteiger partial charge >= 0.3 is 5.97 Å². The number of rotatable bonds is 2. The van der Waals surface area contributed by atoms with E-state index in [1.165, 1.54) is 19.2 Å². The van der Waals surface area contributed by atoms with Crippen molar-refractivity contribution in [2.45, 2.75) is 20.0 Å². The van der Waals surface area contributed by atoms with Crippen LogP contribution in [-0.4, -0.2) is 23.3 Å². The number of phenols is 1. The minimum atomic E-state index is -1.30. The molecule has 0 aliphatic carbocycles. The number of ether oxygens (including phenoxy) is 1. The van der Waals surface area contributed by atoms with Gasteiger partial charge in [0.15, 0.2) is 6.10 Å². The lowest BCUT2D eigenvalue weighted by Gasteiger charge is -2.14. The number of benzene rings is 1. The van der Waals surface area contributed by atoms with Crippen LogP contribution in [0, 0.1) is 13.8 Å². The Morgan fingerprint density at radius 1 is 1.33 bits per heavy atom. The van der Waals surface area contributed by atoms with Gasteiger partial charge in [0.25, 0.3) is 0 Å². The lowest BCUT2D eigenvalue weighted by molar-refractivity contribution is -0.150. The third kappa shape index (κ3) is 2.27. The van der Waals surface area contributed by atoms with Crippen molar-refractivity contribution in [2.24, 2.45) is 0 Å². The molecule has 0 radical (unpaired) electrons. The molecule has 0 spiro atoms. The Labute approximate surface area is 88.1 Å². The summed E-state index contributed by atoms with van der Waals surface area (Å²) in [5.74, 6) is -0.585. The lowest BCUT2D eigenvalue weighted by atomic mass is 9.97. The molecule has 0 fully saturated rings. The van der Waals surface area contributed by atoms with E-state index in [1.54, 1.807) is 13.8 Å². The van der Waals surface area contributed by atoms with Gasteiger partial charge in [-0.05, 0) is 42.7 Å². The highest BCUT2D eigenvalue weighted by molar-refractivity contribution is 5.77. The molecule has 1 rings (SSSR count). The summed E-state index contributed by atoms with van der Waals surface area (Å²) in [5, 5.41) is 19.0. The molecule has 0 heterocycles. The van der Waals surface area contributed by atoms with Crippen LogP contribution in [0.4, 0.5) is 0 Å². The molecule has 1 aromatic carbocycles. The van der Waals surface area contributed by atoms with Crippen LogP contribution in [0.3, 0.4) is 0 Å². The molecule has 15 heavy (non-hydrogen) atoms. The van der Waals surface area contributed by atoms with Crippen LogP contribution in [0.25, 0.3) is 0 Å². The predicted molar refractivity (Wildman–Crippen MR) is 54.6 cm³/mol. The molecule has 0 saturated carbocycles. The molecule has 2 N–H and O–H groups in total. The van der Waals surface area contributed by atoms with E-state index in [9.17, 15) is 15.0 Å². The SMILES string of the molecule is COC(=O)C(O)c1c(C)cc(O)cc1C. The Balaban J connectivity index is 3.19. The second kappa shape index (κ2) is 4.31. The highest BCUT2D eigenvalue weighted by Gasteiger charge is 2.22. The average molecular weight is 210 g/mol. The van der Waals surface area contributed by atoms with Gasteiger partial charge in [0, 0.05) is 0 Å². The Hall–Kier alpha value is -1.55. The van der Waals surface area contributed by atoms with Gasteiger partial charge < -0.3 is 14.9 Å². The van der Waals surface area contributed by atoms with Gasteiger partial charge in [0.05, 0.1) is 7.11 Å². The maximum atomic E-state index is 11.2. The number of hydrogen-bond donors (Lipinski definition) is 2. The largest absolute Gasteiger partial charge is 0.508 e. The van der Waals surface area contributed by atoms with Crippen LogP contribution in [0.1, 0.15) is 22.8 Å². The zero-order chi connectivity index (χ0) is 11.6. The van der Waals surface area contributed by atoms with E-state index in [1.807, 2.05) is 0 Å². The fraction of sp³-hybridized carbons (Fsp3) is 0.364. The van der Waals surface area contributed by atoms with E-state index >= 15 is 0 Å². The number of aliphatic hydroxyl groups is 1. The Morgan fingerprint density at radius 2 is 1.80 bits per heavy atom. The summed E-state index contributed by atoms with van der Waals surface area (Å²) in [6.45, 7) is 3.43. The quantitative estimate of drug-likeness (QED) is 0.720. The van der Waals surface area contributed by atoms with E-state index in [2.05, 4.69) is 4.74 Å². The topological polar surface area (TPSA) is 66.8 Å². The van der Waals surface area contributed by atoms with Crippen molar-refractivity contribution in [1.29, 1.82) is 0 Å². The molecule has 1 aromatic rings. The van der Waals surface area contributed by atoms with Crippen molar-refractivity contribution in [2.75, 3.05) is 7.11 Å². The number of carbonyl (C=O) groups excluding carboxylic acids is 1. The van der Waals surface area contributed by atoms with E-state index in [0.717, 1.165) is 0 Å². The number of hydrogen-bond acceptors (Lipinski definition) is 4. The Morgan fingerprint density at radius 3 is 2.20 bits per heavy atom. The van der Waals surface area contributed by atoms with Gasteiger partial charge in [-0.15, -0.1) is 0 Å². The summed E-state index contributed by atoms with van der Waals surface area (Å²) in [7, 11) is 1.22. The number of aromatic hydroxyl groups is 1. The zero-order valence-electron chi connectivity index (χ0n) is 8.94. The third-order valence-corrected chi connectivity index (χ3v) is 2.28. The fourth-order valence-corrected chi connectivity index (χ4v) is 1.61. The normalized spacial score (nSPS) is 12.3. The van der Waals surface area contributed by atoms with Gasteiger partial charge in [-0.1, -0.05) is 0 Å². The molecule has 0 aliphatic rings. The zero-order valence-corrected chi connectivity index (χ0v) is 8.94. The van der Waals surface area contributed by atoms with Crippen LogP contribution >= 0.6 is 0 Å². The first kappa shape index (κ1) is 11.5. The number of aliphatic hydroxyl groups excluding tert-OH is 1. The van der Waals surface area contributed by atoms with Crippen LogP contribution < -0.4 is 0 Å². The van der Waals surface area contributed by atoms with Gasteiger partial charge in [-0.3, -0.25) is 0 Å². The van der Waals surface area contributed by atoms with Gasteiger partial charge in [0.2, 0.25) is 0 Å². The number of methoxy groups -OCH3 is 1. The number of aryl methyl sites for hydroxylation is 2. The molecular weight excluding hydrogens is 196 g/mol. The van der Waals surface area contributed by atoms with Crippen LogP contribution in [0.5, 0.6) is 5.75 Å². The molecule has 4 nitrogen and oxygen atoms in total. The van der Waals surface area contributed by atoms with Crippen molar-refractivity contribution < 1.29 is 19.7 Å². The van der Waals surface area contributed by atoms with Crippen molar-refractivity contribution >= 4 is 5.97 Å². The molecular formula is C11H14O4. The molecule has 0 saturated heterocycles. The number of esters is 1. The van der Waals surface area contributed by atoms with Crippen LogP contribution in [0.15, 0.2) is 12.1 Å². The maximum absolute atomic E-state index is 11.2. The summed E-state index contributed by atoms with van der Waals surface area (Å²) in [6.07, 6.45) is -1.30. The first-order valence-electron chi connectivity index (χ1n) is 4.53. The second-order valence-corrected chi connectivity index (χ2v) is 3.42. The summed E-state index contributed by atoms with van der Waals surface area (Å²) >= 11 is 0. The highest BCUT2D eigenvalue weighted by atomic mass is 16.5. The first-order chi connectivity index (χ1) is 6.97. The smallest absolute Gasteiger partial charge is 0.339 e. The predicted octanol–water partition coefficient (Wildman–Crippen LogP) is 1.22. The molecule has 1 unspecified atom stereocenters. The fourth-order valence-electron chi connectivity index (χ4n) is 1.61. The summed E-state index contributed by atoms with van der Waals surface area (Å²) in [5.41, 5.74) is 1.80. The molecule has 1 atom stereocenters. The van der Waals surface area contributed by atoms with Crippen molar-refractivity contribution in [3.05, 3.63) is 28.8 Å². The van der Waals surface area contributed by atoms with E-state index in [4.69, 9.17) is 0 Å². The molecule has 0 bridgehead atoms. The highest BCUT2D eigenvalue weighted by Crippen LogP contribution is 2.26. The van der Waals surface area contributed by atoms with E-state index in [-0.39, 0.29) is 5.75 Å². The van der Waals surface area contributed by atoms with Crippen molar-refractivity contribution in [3.8, 4) is 5.75 Å². The first-order valence-corrected chi connectivity index (χ1v) is 4.53. The summed E-state index contributed by atoms with van der Waals surface area (Å²) in [6, 6.07) is 2.99. The van der Waals surface area contributed by atoms with Gasteiger partial charge in [-0.2, -0.15) is 0 Å². The Kier molecular flexibility index (Phi) is 3.31. The lowest BCUT2D eigenvalue weighted by Crippen LogP contribution is -2.15. The van der Waals surface area contributed by atoms with Gasteiger partial charge in [0.1, 0.15) is 5.75 Å². The summed E-state index contributed by atoms with van der Waals surface area (Å²) in [4.78, 5) is 11.2. The molecule has 0 aromatic heterocycles. The standard InChI is InChI=1S/C11H14O4/c1-6-4-8(12)5-7(2)9(6)10(13)11(14)15-3/h4-5,10,12-13H,1-3H3. The number of phenolic OH excluding ortho intramolecular Hbond substituents is 1. The monoisotopic (exact) mass is 210 g/mol. The average Bonchev–Trinajstić information content (AvgIpc) is 2.14. The summed E-state index contributed by atoms with van der Waals surface area (Å²) < 4.78 is 4.46.